The molecule has 2 heterocycles. The third-order valence-corrected chi connectivity index (χ3v) is 4.12. The summed E-state index contributed by atoms with van der Waals surface area (Å²) in [6.45, 7) is 7.37. The molecule has 0 bridgehead atoms. The molecule has 3 rings (SSSR count). The number of benzene rings is 1. The van der Waals surface area contributed by atoms with Crippen molar-refractivity contribution in [1.82, 2.24) is 10.3 Å². The maximum absolute atomic E-state index is 4.66. The first kappa shape index (κ1) is 14.1. The van der Waals surface area contributed by atoms with Gasteiger partial charge in [0, 0.05) is 30.9 Å². The maximum Gasteiger partial charge on any atom is 0.133 e. The van der Waals surface area contributed by atoms with Gasteiger partial charge in [-0.1, -0.05) is 37.3 Å². The van der Waals surface area contributed by atoms with Gasteiger partial charge < -0.3 is 10.2 Å². The number of aromatic nitrogens is 1. The van der Waals surface area contributed by atoms with E-state index in [4.69, 9.17) is 0 Å². The van der Waals surface area contributed by atoms with Crippen LogP contribution in [0.25, 0.3) is 0 Å². The maximum atomic E-state index is 4.66. The van der Waals surface area contributed by atoms with Gasteiger partial charge in [0.15, 0.2) is 0 Å². The van der Waals surface area contributed by atoms with E-state index in [1.165, 1.54) is 16.7 Å². The van der Waals surface area contributed by atoms with Crippen LogP contribution in [0, 0.1) is 0 Å². The molecule has 1 aromatic heterocycles. The molecular formula is C18H23N3. The summed E-state index contributed by atoms with van der Waals surface area (Å²) >= 11 is 0. The van der Waals surface area contributed by atoms with Crippen LogP contribution in [-0.2, 0) is 13.1 Å². The molecule has 0 radical (unpaired) electrons. The van der Waals surface area contributed by atoms with E-state index in [1.807, 2.05) is 12.3 Å². The molecule has 0 fully saturated rings. The molecule has 0 saturated heterocycles. The minimum absolute atomic E-state index is 0.331. The fourth-order valence-electron chi connectivity index (χ4n) is 2.97. The molecular weight excluding hydrogens is 258 g/mol. The van der Waals surface area contributed by atoms with Crippen molar-refractivity contribution in [3.8, 4) is 0 Å². The molecule has 3 nitrogen and oxygen atoms in total. The molecule has 1 N–H and O–H groups in total. The Bertz CT molecular complexity index is 584. The third-order valence-electron chi connectivity index (χ3n) is 4.12. The van der Waals surface area contributed by atoms with Crippen LogP contribution in [0.15, 0.2) is 42.6 Å². The molecule has 1 aliphatic rings. The van der Waals surface area contributed by atoms with Gasteiger partial charge in [0.25, 0.3) is 0 Å². The molecule has 0 amide bonds. The summed E-state index contributed by atoms with van der Waals surface area (Å²) in [5, 5.41) is 3.57. The average Bonchev–Trinajstić information content (AvgIpc) is 2.96. The van der Waals surface area contributed by atoms with Crippen LogP contribution >= 0.6 is 0 Å². The van der Waals surface area contributed by atoms with Gasteiger partial charge in [-0.05, 0) is 37.1 Å². The van der Waals surface area contributed by atoms with E-state index in [-0.39, 0.29) is 0 Å². The Hall–Kier alpha value is -1.87. The number of fused-ring (bicyclic) bond motifs is 1. The molecule has 3 heteroatoms. The summed E-state index contributed by atoms with van der Waals surface area (Å²) in [5.41, 5.74) is 4.13. The Morgan fingerprint density at radius 1 is 1.14 bits per heavy atom. The quantitative estimate of drug-likeness (QED) is 0.906. The molecule has 110 valence electrons. The van der Waals surface area contributed by atoms with Gasteiger partial charge in [0.1, 0.15) is 5.82 Å². The van der Waals surface area contributed by atoms with E-state index in [2.05, 4.69) is 59.4 Å². The van der Waals surface area contributed by atoms with E-state index < -0.39 is 0 Å². The SMILES string of the molecule is CCCNC(C)c1cccnc1N1Cc2ccccc2C1. The van der Waals surface area contributed by atoms with Crippen LogP contribution < -0.4 is 10.2 Å². The Labute approximate surface area is 127 Å². The van der Waals surface area contributed by atoms with Gasteiger partial charge in [0.05, 0.1) is 0 Å². The fraction of sp³-hybridized carbons (Fsp3) is 0.389. The number of anilines is 1. The second kappa shape index (κ2) is 6.27. The fourth-order valence-corrected chi connectivity index (χ4v) is 2.97. The summed E-state index contributed by atoms with van der Waals surface area (Å²) < 4.78 is 0. The summed E-state index contributed by atoms with van der Waals surface area (Å²) in [6.07, 6.45) is 3.05. The van der Waals surface area contributed by atoms with Gasteiger partial charge in [-0.3, -0.25) is 0 Å². The number of pyridine rings is 1. The predicted molar refractivity (Wildman–Crippen MR) is 87.3 cm³/mol. The first-order chi connectivity index (χ1) is 10.3. The summed E-state index contributed by atoms with van der Waals surface area (Å²) in [6, 6.07) is 13.2. The van der Waals surface area contributed by atoms with Crippen molar-refractivity contribution < 1.29 is 0 Å². The van der Waals surface area contributed by atoms with E-state index >= 15 is 0 Å². The molecule has 1 atom stereocenters. The number of nitrogens with one attached hydrogen (secondary N) is 1. The van der Waals surface area contributed by atoms with E-state index in [0.29, 0.717) is 6.04 Å². The Morgan fingerprint density at radius 3 is 2.52 bits per heavy atom. The first-order valence-corrected chi connectivity index (χ1v) is 7.79. The van der Waals surface area contributed by atoms with Crippen molar-refractivity contribution in [2.75, 3.05) is 11.4 Å². The number of hydrogen-bond acceptors (Lipinski definition) is 3. The molecule has 1 aromatic carbocycles. The van der Waals surface area contributed by atoms with Gasteiger partial charge in [-0.15, -0.1) is 0 Å². The Morgan fingerprint density at radius 2 is 1.86 bits per heavy atom. The summed E-state index contributed by atoms with van der Waals surface area (Å²) in [5.74, 6) is 1.12. The molecule has 2 aromatic rings. The summed E-state index contributed by atoms with van der Waals surface area (Å²) in [4.78, 5) is 7.04. The number of hydrogen-bond donors (Lipinski definition) is 1. The second-order valence-corrected chi connectivity index (χ2v) is 5.72. The standard InChI is InChI=1S/C18H23N3/c1-3-10-19-14(2)17-9-6-11-20-18(17)21-12-15-7-4-5-8-16(15)13-21/h4-9,11,14,19H,3,10,12-13H2,1-2H3. The van der Waals surface area contributed by atoms with Crippen LogP contribution in [0.1, 0.15) is 43.0 Å². The molecule has 0 saturated carbocycles. The van der Waals surface area contributed by atoms with Gasteiger partial charge >= 0.3 is 0 Å². The second-order valence-electron chi connectivity index (χ2n) is 5.72. The molecule has 0 aliphatic carbocycles. The van der Waals surface area contributed by atoms with Gasteiger partial charge in [-0.2, -0.15) is 0 Å². The van der Waals surface area contributed by atoms with Gasteiger partial charge in [0.2, 0.25) is 0 Å². The van der Waals surface area contributed by atoms with Crippen molar-refractivity contribution >= 4 is 5.82 Å². The lowest BCUT2D eigenvalue weighted by Crippen LogP contribution is -2.24. The van der Waals surface area contributed by atoms with Crippen LogP contribution in [0.2, 0.25) is 0 Å². The highest BCUT2D eigenvalue weighted by Crippen LogP contribution is 2.31. The smallest absolute Gasteiger partial charge is 0.133 e. The topological polar surface area (TPSA) is 28.2 Å². The van der Waals surface area contributed by atoms with Crippen LogP contribution in [0.5, 0.6) is 0 Å². The van der Waals surface area contributed by atoms with Crippen molar-refractivity contribution in [2.24, 2.45) is 0 Å². The van der Waals surface area contributed by atoms with E-state index in [1.54, 1.807) is 0 Å². The van der Waals surface area contributed by atoms with Crippen molar-refractivity contribution in [3.63, 3.8) is 0 Å². The van der Waals surface area contributed by atoms with Crippen molar-refractivity contribution in [3.05, 3.63) is 59.3 Å². The zero-order valence-corrected chi connectivity index (χ0v) is 12.8. The average molecular weight is 281 g/mol. The predicted octanol–water partition coefficient (Wildman–Crippen LogP) is 3.66. The molecule has 21 heavy (non-hydrogen) atoms. The largest absolute Gasteiger partial charge is 0.348 e. The lowest BCUT2D eigenvalue weighted by Gasteiger charge is -2.23. The highest BCUT2D eigenvalue weighted by molar-refractivity contribution is 5.53. The zero-order valence-electron chi connectivity index (χ0n) is 12.8. The number of nitrogens with zero attached hydrogens (tertiary/aromatic N) is 2. The first-order valence-electron chi connectivity index (χ1n) is 7.79. The van der Waals surface area contributed by atoms with Crippen molar-refractivity contribution in [1.29, 1.82) is 0 Å². The molecule has 1 aliphatic heterocycles. The highest BCUT2D eigenvalue weighted by Gasteiger charge is 2.23. The van der Waals surface area contributed by atoms with Crippen LogP contribution in [0.4, 0.5) is 5.82 Å². The zero-order chi connectivity index (χ0) is 14.7. The Kier molecular flexibility index (Phi) is 4.20. The highest BCUT2D eigenvalue weighted by atomic mass is 15.2. The lowest BCUT2D eigenvalue weighted by molar-refractivity contribution is 0.567. The van der Waals surface area contributed by atoms with E-state index in [0.717, 1.165) is 31.9 Å². The molecule has 1 unspecified atom stereocenters. The van der Waals surface area contributed by atoms with Gasteiger partial charge in [-0.25, -0.2) is 4.98 Å². The Balaban J connectivity index is 1.84. The van der Waals surface area contributed by atoms with Crippen molar-refractivity contribution in [2.45, 2.75) is 39.4 Å². The van der Waals surface area contributed by atoms with E-state index in [9.17, 15) is 0 Å². The third kappa shape index (κ3) is 2.93. The minimum atomic E-state index is 0.331. The minimum Gasteiger partial charge on any atom is -0.348 e. The molecule has 0 spiro atoms. The van der Waals surface area contributed by atoms with Crippen LogP contribution in [-0.4, -0.2) is 11.5 Å². The summed E-state index contributed by atoms with van der Waals surface area (Å²) in [7, 11) is 0. The normalized spacial score (nSPS) is 15.0. The lowest BCUT2D eigenvalue weighted by atomic mass is 10.1. The number of rotatable bonds is 5. The van der Waals surface area contributed by atoms with Crippen LogP contribution in [0.3, 0.4) is 0 Å². The monoisotopic (exact) mass is 281 g/mol.